The summed E-state index contributed by atoms with van der Waals surface area (Å²) in [6.45, 7) is 0.528. The van der Waals surface area contributed by atoms with Gasteiger partial charge in [-0.2, -0.15) is 0 Å². The number of ether oxygens (including phenoxy) is 2. The van der Waals surface area contributed by atoms with Crippen LogP contribution in [0, 0.1) is 5.82 Å². The van der Waals surface area contributed by atoms with Crippen LogP contribution in [0.3, 0.4) is 0 Å². The summed E-state index contributed by atoms with van der Waals surface area (Å²) in [5, 5.41) is 0. The Morgan fingerprint density at radius 3 is 2.83 bits per heavy atom. The SMILES string of the molecule is COC1CCCC(OCc2ccc(F)c(Br)c2)C1. The van der Waals surface area contributed by atoms with Crippen molar-refractivity contribution in [2.45, 2.75) is 44.5 Å². The van der Waals surface area contributed by atoms with Crippen molar-refractivity contribution >= 4 is 15.9 Å². The highest BCUT2D eigenvalue weighted by Crippen LogP contribution is 2.24. The maximum Gasteiger partial charge on any atom is 0.137 e. The van der Waals surface area contributed by atoms with E-state index in [9.17, 15) is 4.39 Å². The fourth-order valence-electron chi connectivity index (χ4n) is 2.31. The van der Waals surface area contributed by atoms with E-state index in [1.54, 1.807) is 19.2 Å². The van der Waals surface area contributed by atoms with Gasteiger partial charge in [0.1, 0.15) is 5.82 Å². The second-order valence-electron chi connectivity index (χ2n) is 4.71. The molecule has 0 amide bonds. The summed E-state index contributed by atoms with van der Waals surface area (Å²) in [6.07, 6.45) is 4.90. The molecule has 2 atom stereocenters. The molecule has 0 heterocycles. The van der Waals surface area contributed by atoms with Crippen LogP contribution >= 0.6 is 15.9 Å². The Labute approximate surface area is 116 Å². The number of rotatable bonds is 4. The molecule has 18 heavy (non-hydrogen) atoms. The van der Waals surface area contributed by atoms with Crippen LogP contribution in [-0.2, 0) is 16.1 Å². The van der Waals surface area contributed by atoms with Gasteiger partial charge >= 0.3 is 0 Å². The van der Waals surface area contributed by atoms with E-state index in [1.807, 2.05) is 0 Å². The second-order valence-corrected chi connectivity index (χ2v) is 5.56. The van der Waals surface area contributed by atoms with Gasteiger partial charge in [-0.1, -0.05) is 6.07 Å². The summed E-state index contributed by atoms with van der Waals surface area (Å²) in [5.74, 6) is -0.240. The second kappa shape index (κ2) is 6.64. The third-order valence-electron chi connectivity index (χ3n) is 3.38. The van der Waals surface area contributed by atoms with Crippen LogP contribution in [0.25, 0.3) is 0 Å². The van der Waals surface area contributed by atoms with Crippen molar-refractivity contribution in [3.63, 3.8) is 0 Å². The highest BCUT2D eigenvalue weighted by atomic mass is 79.9. The average Bonchev–Trinajstić information content (AvgIpc) is 2.40. The van der Waals surface area contributed by atoms with Gasteiger partial charge in [-0.25, -0.2) is 4.39 Å². The highest BCUT2D eigenvalue weighted by Gasteiger charge is 2.22. The minimum atomic E-state index is -0.240. The Hall–Kier alpha value is -0.450. The minimum Gasteiger partial charge on any atom is -0.381 e. The van der Waals surface area contributed by atoms with E-state index < -0.39 is 0 Å². The zero-order valence-corrected chi connectivity index (χ0v) is 12.1. The van der Waals surface area contributed by atoms with Crippen molar-refractivity contribution in [3.05, 3.63) is 34.1 Å². The van der Waals surface area contributed by atoms with Crippen molar-refractivity contribution in [2.75, 3.05) is 7.11 Å². The summed E-state index contributed by atoms with van der Waals surface area (Å²) >= 11 is 3.18. The van der Waals surface area contributed by atoms with Gasteiger partial charge < -0.3 is 9.47 Å². The molecule has 0 radical (unpaired) electrons. The minimum absolute atomic E-state index is 0.240. The summed E-state index contributed by atoms with van der Waals surface area (Å²) in [4.78, 5) is 0. The molecule has 1 saturated carbocycles. The van der Waals surface area contributed by atoms with Crippen LogP contribution in [0.4, 0.5) is 4.39 Å². The summed E-state index contributed by atoms with van der Waals surface area (Å²) < 4.78 is 24.8. The standard InChI is InChI=1S/C14H18BrFO2/c1-17-11-3-2-4-12(8-11)18-9-10-5-6-14(16)13(15)7-10/h5-7,11-12H,2-4,8-9H2,1H3. The molecule has 0 bridgehead atoms. The lowest BCUT2D eigenvalue weighted by Crippen LogP contribution is -2.27. The predicted molar refractivity (Wildman–Crippen MR) is 71.9 cm³/mol. The molecule has 4 heteroatoms. The topological polar surface area (TPSA) is 18.5 Å². The summed E-state index contributed by atoms with van der Waals surface area (Å²) in [7, 11) is 1.75. The van der Waals surface area contributed by atoms with Gasteiger partial charge in [0.05, 0.1) is 23.3 Å². The van der Waals surface area contributed by atoms with E-state index in [1.165, 1.54) is 6.07 Å². The molecule has 0 aliphatic heterocycles. The monoisotopic (exact) mass is 316 g/mol. The molecule has 1 aromatic rings. The van der Waals surface area contributed by atoms with Crippen molar-refractivity contribution < 1.29 is 13.9 Å². The number of methoxy groups -OCH3 is 1. The molecule has 0 N–H and O–H groups in total. The summed E-state index contributed by atoms with van der Waals surface area (Å²) in [5.41, 5.74) is 0.989. The lowest BCUT2D eigenvalue weighted by atomic mass is 9.95. The maximum atomic E-state index is 13.1. The van der Waals surface area contributed by atoms with E-state index >= 15 is 0 Å². The first kappa shape index (κ1) is 14.0. The zero-order valence-electron chi connectivity index (χ0n) is 10.5. The first-order valence-corrected chi connectivity index (χ1v) is 7.06. The Balaban J connectivity index is 1.85. The number of hydrogen-bond acceptors (Lipinski definition) is 2. The smallest absolute Gasteiger partial charge is 0.137 e. The van der Waals surface area contributed by atoms with Gasteiger partial charge in [-0.3, -0.25) is 0 Å². The number of hydrogen-bond donors (Lipinski definition) is 0. The van der Waals surface area contributed by atoms with Gasteiger partial charge in [0, 0.05) is 7.11 Å². The van der Waals surface area contributed by atoms with Crippen LogP contribution in [0.15, 0.2) is 22.7 Å². The fourth-order valence-corrected chi connectivity index (χ4v) is 2.74. The molecule has 1 aliphatic rings. The van der Waals surface area contributed by atoms with E-state index in [-0.39, 0.29) is 11.9 Å². The zero-order chi connectivity index (χ0) is 13.0. The number of benzene rings is 1. The van der Waals surface area contributed by atoms with Crippen molar-refractivity contribution in [2.24, 2.45) is 0 Å². The van der Waals surface area contributed by atoms with Crippen molar-refractivity contribution in [3.8, 4) is 0 Å². The molecule has 0 spiro atoms. The van der Waals surface area contributed by atoms with Crippen LogP contribution in [0.2, 0.25) is 0 Å². The Kier molecular flexibility index (Phi) is 5.15. The van der Waals surface area contributed by atoms with Gasteiger partial charge in [0.25, 0.3) is 0 Å². The molecule has 0 aromatic heterocycles. The van der Waals surface area contributed by atoms with Crippen LogP contribution < -0.4 is 0 Å². The third kappa shape index (κ3) is 3.77. The molecule has 1 fully saturated rings. The molecule has 100 valence electrons. The highest BCUT2D eigenvalue weighted by molar-refractivity contribution is 9.10. The third-order valence-corrected chi connectivity index (χ3v) is 3.99. The summed E-state index contributed by atoms with van der Waals surface area (Å²) in [6, 6.07) is 4.99. The number of halogens is 2. The van der Waals surface area contributed by atoms with E-state index in [0.717, 1.165) is 31.2 Å². The Bertz CT molecular complexity index is 397. The molecular weight excluding hydrogens is 299 g/mol. The van der Waals surface area contributed by atoms with E-state index in [2.05, 4.69) is 15.9 Å². The molecule has 1 aromatic carbocycles. The molecular formula is C14H18BrFO2. The quantitative estimate of drug-likeness (QED) is 0.834. The molecule has 2 nitrogen and oxygen atoms in total. The Morgan fingerprint density at radius 2 is 2.11 bits per heavy atom. The van der Waals surface area contributed by atoms with Gasteiger partial charge in [-0.05, 0) is 59.3 Å². The van der Waals surface area contributed by atoms with Gasteiger partial charge in [0.15, 0.2) is 0 Å². The van der Waals surface area contributed by atoms with Crippen LogP contribution in [0.5, 0.6) is 0 Å². The molecule has 0 saturated heterocycles. The lowest BCUT2D eigenvalue weighted by Gasteiger charge is -2.28. The largest absolute Gasteiger partial charge is 0.381 e. The molecule has 1 aliphatic carbocycles. The fraction of sp³-hybridized carbons (Fsp3) is 0.571. The molecule has 2 rings (SSSR count). The first-order chi connectivity index (χ1) is 8.69. The van der Waals surface area contributed by atoms with Crippen molar-refractivity contribution in [1.29, 1.82) is 0 Å². The maximum absolute atomic E-state index is 13.1. The van der Waals surface area contributed by atoms with Crippen LogP contribution in [0.1, 0.15) is 31.2 Å². The van der Waals surface area contributed by atoms with Crippen LogP contribution in [-0.4, -0.2) is 19.3 Å². The molecule has 2 unspecified atom stereocenters. The predicted octanol–water partition coefficient (Wildman–Crippen LogP) is 4.06. The van der Waals surface area contributed by atoms with E-state index in [0.29, 0.717) is 17.2 Å². The van der Waals surface area contributed by atoms with Gasteiger partial charge in [-0.15, -0.1) is 0 Å². The average molecular weight is 317 g/mol. The van der Waals surface area contributed by atoms with E-state index in [4.69, 9.17) is 9.47 Å². The van der Waals surface area contributed by atoms with Gasteiger partial charge in [0.2, 0.25) is 0 Å². The lowest BCUT2D eigenvalue weighted by molar-refractivity contribution is -0.0363. The van der Waals surface area contributed by atoms with Crippen molar-refractivity contribution in [1.82, 2.24) is 0 Å². The first-order valence-electron chi connectivity index (χ1n) is 6.27. The normalized spacial score (nSPS) is 24.2. The Morgan fingerprint density at radius 1 is 1.33 bits per heavy atom.